The van der Waals surface area contributed by atoms with Gasteiger partial charge in [0.25, 0.3) is 5.91 Å². The Kier molecular flexibility index (Phi) is 5.85. The Morgan fingerprint density at radius 1 is 1.06 bits per heavy atom. The predicted octanol–water partition coefficient (Wildman–Crippen LogP) is 5.78. The van der Waals surface area contributed by atoms with Crippen LogP contribution in [0.1, 0.15) is 16.1 Å². The van der Waals surface area contributed by atoms with Crippen LogP contribution in [-0.4, -0.2) is 20.8 Å². The van der Waals surface area contributed by atoms with Crippen molar-refractivity contribution in [1.82, 2.24) is 9.38 Å². The van der Waals surface area contributed by atoms with Gasteiger partial charge in [-0.3, -0.25) is 4.79 Å². The van der Waals surface area contributed by atoms with E-state index in [0.29, 0.717) is 11.4 Å². The Balaban J connectivity index is 1.44. The van der Waals surface area contributed by atoms with Crippen LogP contribution in [0.2, 0.25) is 0 Å². The van der Waals surface area contributed by atoms with Crippen molar-refractivity contribution in [3.8, 4) is 5.75 Å². The van der Waals surface area contributed by atoms with Gasteiger partial charge >= 0.3 is 5.51 Å². The number of nitrogens with zero attached hydrogens (tertiary/aromatic N) is 2. The summed E-state index contributed by atoms with van der Waals surface area (Å²) in [5.41, 5.74) is -2.59. The zero-order valence-corrected chi connectivity index (χ0v) is 16.8. The highest BCUT2D eigenvalue weighted by atomic mass is 32.2. The maximum atomic E-state index is 12.8. The molecule has 0 fully saturated rings. The number of anilines is 1. The zero-order valence-electron chi connectivity index (χ0n) is 16.0. The van der Waals surface area contributed by atoms with E-state index in [9.17, 15) is 18.0 Å². The van der Waals surface area contributed by atoms with E-state index >= 15 is 0 Å². The topological polar surface area (TPSA) is 55.6 Å². The lowest BCUT2D eigenvalue weighted by molar-refractivity contribution is -0.0328. The molecule has 5 nitrogen and oxygen atoms in total. The number of benzene rings is 2. The Labute approximate surface area is 179 Å². The molecule has 0 bridgehead atoms. The van der Waals surface area contributed by atoms with Gasteiger partial charge in [-0.2, -0.15) is 13.2 Å². The quantitative estimate of drug-likeness (QED) is 0.384. The highest BCUT2D eigenvalue weighted by Gasteiger charge is 2.31. The molecular formula is C22H16F3N3O2S. The molecule has 0 unspecified atom stereocenters. The molecule has 0 saturated carbocycles. The monoisotopic (exact) mass is 443 g/mol. The summed E-state index contributed by atoms with van der Waals surface area (Å²) < 4.78 is 45.9. The van der Waals surface area contributed by atoms with Crippen LogP contribution in [0.4, 0.5) is 18.9 Å². The maximum Gasteiger partial charge on any atom is 0.446 e. The molecule has 4 aromatic rings. The Hall–Kier alpha value is -3.46. The van der Waals surface area contributed by atoms with Crippen molar-refractivity contribution in [2.24, 2.45) is 0 Å². The first kappa shape index (κ1) is 20.8. The molecular weight excluding hydrogens is 427 g/mol. The van der Waals surface area contributed by atoms with Crippen molar-refractivity contribution >= 4 is 29.0 Å². The smallest absolute Gasteiger partial charge is 0.446 e. The second-order valence-electron chi connectivity index (χ2n) is 6.51. The minimum absolute atomic E-state index is 0.0548. The largest absolute Gasteiger partial charge is 0.487 e. The summed E-state index contributed by atoms with van der Waals surface area (Å²) in [4.78, 5) is 16.9. The van der Waals surface area contributed by atoms with E-state index in [-0.39, 0.29) is 28.8 Å². The van der Waals surface area contributed by atoms with Crippen LogP contribution in [0.3, 0.4) is 0 Å². The highest BCUT2D eigenvalue weighted by molar-refractivity contribution is 8.00. The molecule has 1 amide bonds. The molecule has 158 valence electrons. The number of fused-ring (bicyclic) bond motifs is 1. The molecule has 31 heavy (non-hydrogen) atoms. The van der Waals surface area contributed by atoms with Gasteiger partial charge in [0.1, 0.15) is 18.0 Å². The lowest BCUT2D eigenvalue weighted by atomic mass is 10.2. The Morgan fingerprint density at radius 2 is 1.87 bits per heavy atom. The van der Waals surface area contributed by atoms with Crippen LogP contribution in [-0.2, 0) is 6.61 Å². The number of thioether (sulfide) groups is 1. The standard InChI is InChI=1S/C22H16F3N3O2S/c23-22(24,25)31-19-9-2-1-8-18(19)21(29)27-15-6-5-7-17(12-15)30-14-16-13-28-11-4-3-10-20(28)26-16/h1-13H,14H2,(H,27,29). The summed E-state index contributed by atoms with van der Waals surface area (Å²) >= 11 is -0.318. The minimum atomic E-state index is -4.48. The van der Waals surface area contributed by atoms with Gasteiger partial charge in [0, 0.05) is 29.0 Å². The van der Waals surface area contributed by atoms with Gasteiger partial charge in [-0.15, -0.1) is 0 Å². The normalized spacial score (nSPS) is 11.5. The number of hydrogen-bond donors (Lipinski definition) is 1. The number of pyridine rings is 1. The molecule has 0 aliphatic carbocycles. The molecule has 2 heterocycles. The van der Waals surface area contributed by atoms with E-state index in [4.69, 9.17) is 4.74 Å². The van der Waals surface area contributed by atoms with Gasteiger partial charge in [-0.1, -0.05) is 24.3 Å². The number of amides is 1. The number of carbonyl (C=O) groups excluding carboxylic acids is 1. The SMILES string of the molecule is O=C(Nc1cccc(OCc2cn3ccccc3n2)c1)c1ccccc1SC(F)(F)F. The molecule has 2 aromatic heterocycles. The van der Waals surface area contributed by atoms with Crippen LogP contribution in [0, 0.1) is 0 Å². The van der Waals surface area contributed by atoms with Gasteiger partial charge in [0.05, 0.1) is 11.3 Å². The minimum Gasteiger partial charge on any atom is -0.487 e. The third kappa shape index (κ3) is 5.37. The van der Waals surface area contributed by atoms with Gasteiger partial charge in [-0.05, 0) is 48.2 Å². The number of nitrogens with one attached hydrogen (secondary N) is 1. The van der Waals surface area contributed by atoms with E-state index in [1.165, 1.54) is 24.3 Å². The molecule has 0 spiro atoms. The third-order valence-electron chi connectivity index (χ3n) is 4.25. The second-order valence-corrected chi connectivity index (χ2v) is 7.62. The Bertz CT molecular complexity index is 1190. The van der Waals surface area contributed by atoms with Crippen LogP contribution in [0.25, 0.3) is 5.65 Å². The van der Waals surface area contributed by atoms with Crippen LogP contribution < -0.4 is 10.1 Å². The molecule has 4 rings (SSSR count). The summed E-state index contributed by atoms with van der Waals surface area (Å²) in [7, 11) is 0. The molecule has 0 aliphatic heterocycles. The number of alkyl halides is 3. The van der Waals surface area contributed by atoms with Gasteiger partial charge in [0.15, 0.2) is 0 Å². The van der Waals surface area contributed by atoms with Crippen molar-refractivity contribution in [3.63, 3.8) is 0 Å². The predicted molar refractivity (Wildman–Crippen MR) is 112 cm³/mol. The summed E-state index contributed by atoms with van der Waals surface area (Å²) in [5, 5.41) is 2.63. The van der Waals surface area contributed by atoms with Crippen molar-refractivity contribution in [2.45, 2.75) is 17.0 Å². The van der Waals surface area contributed by atoms with Crippen molar-refractivity contribution in [2.75, 3.05) is 5.32 Å². The van der Waals surface area contributed by atoms with Gasteiger partial charge in [0.2, 0.25) is 0 Å². The van der Waals surface area contributed by atoms with E-state index in [0.717, 1.165) is 11.3 Å². The molecule has 0 radical (unpaired) electrons. The van der Waals surface area contributed by atoms with Crippen LogP contribution in [0.5, 0.6) is 5.75 Å². The third-order valence-corrected chi connectivity index (χ3v) is 5.06. The number of hydrogen-bond acceptors (Lipinski definition) is 4. The fourth-order valence-electron chi connectivity index (χ4n) is 2.94. The number of rotatable bonds is 6. The van der Waals surface area contributed by atoms with Crippen molar-refractivity contribution in [1.29, 1.82) is 0 Å². The second kappa shape index (κ2) is 8.73. The molecule has 2 aromatic carbocycles. The number of imidazole rings is 1. The van der Waals surface area contributed by atoms with E-state index in [2.05, 4.69) is 10.3 Å². The summed E-state index contributed by atoms with van der Waals surface area (Å²) in [6.07, 6.45) is 3.74. The first-order valence-corrected chi connectivity index (χ1v) is 10.0. The van der Waals surface area contributed by atoms with E-state index in [1.54, 1.807) is 24.3 Å². The number of ether oxygens (including phenoxy) is 1. The molecule has 9 heteroatoms. The van der Waals surface area contributed by atoms with Gasteiger partial charge in [-0.25, -0.2) is 4.98 Å². The maximum absolute atomic E-state index is 12.8. The summed E-state index contributed by atoms with van der Waals surface area (Å²) in [6, 6.07) is 17.9. The molecule has 1 N–H and O–H groups in total. The van der Waals surface area contributed by atoms with Crippen LogP contribution >= 0.6 is 11.8 Å². The number of aromatic nitrogens is 2. The molecule has 0 atom stereocenters. The average Bonchev–Trinajstić information content (AvgIpc) is 3.15. The highest BCUT2D eigenvalue weighted by Crippen LogP contribution is 2.38. The zero-order chi connectivity index (χ0) is 21.8. The van der Waals surface area contributed by atoms with Gasteiger partial charge < -0.3 is 14.5 Å². The van der Waals surface area contributed by atoms with E-state index in [1.807, 2.05) is 35.0 Å². The Morgan fingerprint density at radius 3 is 2.68 bits per heavy atom. The number of carbonyl (C=O) groups is 1. The lowest BCUT2D eigenvalue weighted by Crippen LogP contribution is -2.14. The fourth-order valence-corrected chi connectivity index (χ4v) is 3.61. The summed E-state index contributed by atoms with van der Waals surface area (Å²) in [5.74, 6) is -0.141. The molecule has 0 aliphatic rings. The average molecular weight is 443 g/mol. The molecule has 0 saturated heterocycles. The first-order chi connectivity index (χ1) is 14.9. The lowest BCUT2D eigenvalue weighted by Gasteiger charge is -2.12. The van der Waals surface area contributed by atoms with Crippen molar-refractivity contribution in [3.05, 3.63) is 90.4 Å². The van der Waals surface area contributed by atoms with Crippen molar-refractivity contribution < 1.29 is 22.7 Å². The fraction of sp³-hybridized carbons (Fsp3) is 0.0909. The number of halogens is 3. The summed E-state index contributed by atoms with van der Waals surface area (Å²) in [6.45, 7) is 0.226. The first-order valence-electron chi connectivity index (χ1n) is 9.19. The van der Waals surface area contributed by atoms with Crippen LogP contribution in [0.15, 0.2) is 84.0 Å². The van der Waals surface area contributed by atoms with E-state index < -0.39 is 11.4 Å².